The summed E-state index contributed by atoms with van der Waals surface area (Å²) in [6, 6.07) is 18.7. The van der Waals surface area contributed by atoms with Crippen LogP contribution in [-0.2, 0) is 10.2 Å². The Balaban J connectivity index is 1.47. The summed E-state index contributed by atoms with van der Waals surface area (Å²) in [5, 5.41) is 2.68. The van der Waals surface area contributed by atoms with Gasteiger partial charge in [-0.25, -0.2) is 0 Å². The Morgan fingerprint density at radius 1 is 0.906 bits per heavy atom. The van der Waals surface area contributed by atoms with E-state index in [1.165, 1.54) is 18.2 Å². The van der Waals surface area contributed by atoms with Gasteiger partial charge in [0.15, 0.2) is 17.2 Å². The van der Waals surface area contributed by atoms with Gasteiger partial charge >= 0.3 is 6.36 Å². The Bertz CT molecular complexity index is 1170. The van der Waals surface area contributed by atoms with Crippen LogP contribution in [0.5, 0.6) is 17.2 Å². The van der Waals surface area contributed by atoms with Crippen LogP contribution in [0.2, 0.25) is 0 Å². The van der Waals surface area contributed by atoms with Crippen molar-refractivity contribution >= 4 is 11.6 Å². The molecule has 32 heavy (non-hydrogen) atoms. The van der Waals surface area contributed by atoms with E-state index in [-0.39, 0.29) is 12.5 Å². The van der Waals surface area contributed by atoms with Crippen molar-refractivity contribution in [2.45, 2.75) is 24.6 Å². The number of halogens is 3. The van der Waals surface area contributed by atoms with Crippen LogP contribution in [-0.4, -0.2) is 19.1 Å². The summed E-state index contributed by atoms with van der Waals surface area (Å²) < 4.78 is 53.8. The summed E-state index contributed by atoms with van der Waals surface area (Å²) >= 11 is 0. The molecule has 1 saturated carbocycles. The smallest absolute Gasteiger partial charge is 0.454 e. The summed E-state index contributed by atoms with van der Waals surface area (Å²) in [5.41, 5.74) is 1.32. The second-order valence-electron chi connectivity index (χ2n) is 7.73. The molecular formula is C24H18F3NO4. The first kappa shape index (κ1) is 20.2. The van der Waals surface area contributed by atoms with Crippen molar-refractivity contribution in [3.63, 3.8) is 0 Å². The highest BCUT2D eigenvalue weighted by Gasteiger charge is 2.52. The number of fused-ring (bicyclic) bond motifs is 1. The highest BCUT2D eigenvalue weighted by Crippen LogP contribution is 2.51. The lowest BCUT2D eigenvalue weighted by Crippen LogP contribution is -2.28. The predicted octanol–water partition coefficient (Wildman–Crippen LogP) is 5.65. The van der Waals surface area contributed by atoms with E-state index in [1.54, 1.807) is 18.2 Å². The molecule has 0 atom stereocenters. The first-order valence-corrected chi connectivity index (χ1v) is 10.0. The molecule has 0 unspecified atom stereocenters. The fourth-order valence-corrected chi connectivity index (χ4v) is 3.86. The minimum absolute atomic E-state index is 0.0410. The first-order chi connectivity index (χ1) is 15.3. The van der Waals surface area contributed by atoms with Crippen molar-refractivity contribution in [3.8, 4) is 28.4 Å². The van der Waals surface area contributed by atoms with Gasteiger partial charge in [-0.3, -0.25) is 4.79 Å². The van der Waals surface area contributed by atoms with Crippen LogP contribution in [0.4, 0.5) is 18.9 Å². The topological polar surface area (TPSA) is 56.8 Å². The Kier molecular flexibility index (Phi) is 4.73. The standard InChI is InChI=1S/C24H18F3NO4/c25-24(26,27)32-19-8-6-16(15-4-2-1-3-5-15)12-18(19)28-22(29)23(10-11-23)17-7-9-20-21(13-17)31-14-30-20/h1-9,12-13H,10-11,14H2,(H,28,29). The minimum Gasteiger partial charge on any atom is -0.454 e. The molecule has 1 N–H and O–H groups in total. The third-order valence-corrected chi connectivity index (χ3v) is 5.67. The van der Waals surface area contributed by atoms with Crippen molar-refractivity contribution in [2.75, 3.05) is 12.1 Å². The van der Waals surface area contributed by atoms with E-state index in [0.717, 1.165) is 11.1 Å². The van der Waals surface area contributed by atoms with Crippen LogP contribution < -0.4 is 19.5 Å². The van der Waals surface area contributed by atoms with Gasteiger partial charge in [-0.05, 0) is 53.8 Å². The number of carbonyl (C=O) groups is 1. The van der Waals surface area contributed by atoms with E-state index in [0.29, 0.717) is 29.9 Å². The number of benzene rings is 3. The molecule has 3 aromatic carbocycles. The van der Waals surface area contributed by atoms with Gasteiger partial charge < -0.3 is 19.5 Å². The van der Waals surface area contributed by atoms with Crippen molar-refractivity contribution < 1.29 is 32.2 Å². The molecule has 5 rings (SSSR count). The van der Waals surface area contributed by atoms with Gasteiger partial charge in [0.25, 0.3) is 0 Å². The zero-order chi connectivity index (χ0) is 22.3. The summed E-state index contributed by atoms with van der Waals surface area (Å²) in [4.78, 5) is 13.2. The molecule has 1 heterocycles. The average molecular weight is 441 g/mol. The Hall–Kier alpha value is -3.68. The maximum absolute atomic E-state index is 13.2. The molecule has 1 aliphatic heterocycles. The van der Waals surface area contributed by atoms with Crippen molar-refractivity contribution in [3.05, 3.63) is 72.3 Å². The summed E-state index contributed by atoms with van der Waals surface area (Å²) in [6.07, 6.45) is -3.74. The molecule has 0 aromatic heterocycles. The lowest BCUT2D eigenvalue weighted by Gasteiger charge is -2.19. The number of hydrogen-bond acceptors (Lipinski definition) is 4. The lowest BCUT2D eigenvalue weighted by molar-refractivity contribution is -0.274. The fourth-order valence-electron chi connectivity index (χ4n) is 3.86. The van der Waals surface area contributed by atoms with Gasteiger partial charge in [-0.1, -0.05) is 42.5 Å². The quantitative estimate of drug-likeness (QED) is 0.556. The van der Waals surface area contributed by atoms with Crippen LogP contribution in [0.3, 0.4) is 0 Å². The van der Waals surface area contributed by atoms with Gasteiger partial charge in [0.2, 0.25) is 12.7 Å². The molecule has 0 spiro atoms. The molecule has 0 radical (unpaired) electrons. The van der Waals surface area contributed by atoms with Gasteiger partial charge in [0, 0.05) is 0 Å². The molecule has 1 amide bonds. The van der Waals surface area contributed by atoms with Gasteiger partial charge in [-0.2, -0.15) is 0 Å². The van der Waals surface area contributed by atoms with E-state index in [2.05, 4.69) is 10.1 Å². The normalized spacial score (nSPS) is 15.8. The number of anilines is 1. The van der Waals surface area contributed by atoms with Gasteiger partial charge in [0.1, 0.15) is 0 Å². The molecule has 3 aromatic rings. The third-order valence-electron chi connectivity index (χ3n) is 5.67. The monoisotopic (exact) mass is 441 g/mol. The van der Waals surface area contributed by atoms with Crippen molar-refractivity contribution in [2.24, 2.45) is 0 Å². The summed E-state index contributed by atoms with van der Waals surface area (Å²) in [5.74, 6) is 0.288. The van der Waals surface area contributed by atoms with E-state index < -0.39 is 23.4 Å². The van der Waals surface area contributed by atoms with Crippen LogP contribution in [0.1, 0.15) is 18.4 Å². The molecule has 164 valence electrons. The number of amides is 1. The molecule has 1 aliphatic carbocycles. The van der Waals surface area contributed by atoms with Crippen LogP contribution >= 0.6 is 0 Å². The maximum atomic E-state index is 13.2. The summed E-state index contributed by atoms with van der Waals surface area (Å²) in [7, 11) is 0. The Morgan fingerprint density at radius 2 is 1.66 bits per heavy atom. The van der Waals surface area contributed by atoms with Crippen molar-refractivity contribution in [1.29, 1.82) is 0 Å². The zero-order valence-electron chi connectivity index (χ0n) is 16.7. The third kappa shape index (κ3) is 3.84. The molecule has 5 nitrogen and oxygen atoms in total. The van der Waals surface area contributed by atoms with Gasteiger partial charge in [0.05, 0.1) is 11.1 Å². The zero-order valence-corrected chi connectivity index (χ0v) is 16.7. The molecular weight excluding hydrogens is 423 g/mol. The first-order valence-electron chi connectivity index (χ1n) is 10.0. The highest BCUT2D eigenvalue weighted by atomic mass is 19.4. The molecule has 0 saturated heterocycles. The highest BCUT2D eigenvalue weighted by molar-refractivity contribution is 6.02. The number of nitrogens with one attached hydrogen (secondary N) is 1. The second-order valence-corrected chi connectivity index (χ2v) is 7.73. The van der Waals surface area contributed by atoms with E-state index in [1.807, 2.05) is 30.3 Å². The predicted molar refractivity (Wildman–Crippen MR) is 111 cm³/mol. The van der Waals surface area contributed by atoms with E-state index in [9.17, 15) is 18.0 Å². The Labute approximate surface area is 181 Å². The van der Waals surface area contributed by atoms with Crippen molar-refractivity contribution in [1.82, 2.24) is 0 Å². The minimum atomic E-state index is -4.89. The van der Waals surface area contributed by atoms with E-state index >= 15 is 0 Å². The summed E-state index contributed by atoms with van der Waals surface area (Å²) in [6.45, 7) is 0.113. The van der Waals surface area contributed by atoms with Gasteiger partial charge in [-0.15, -0.1) is 13.2 Å². The van der Waals surface area contributed by atoms with Crippen LogP contribution in [0.15, 0.2) is 66.7 Å². The average Bonchev–Trinajstić information content (AvgIpc) is 3.45. The van der Waals surface area contributed by atoms with Crippen LogP contribution in [0.25, 0.3) is 11.1 Å². The number of rotatable bonds is 5. The number of alkyl halides is 3. The number of hydrogen-bond donors (Lipinski definition) is 1. The molecule has 0 bridgehead atoms. The number of ether oxygens (including phenoxy) is 3. The fraction of sp³-hybridized carbons (Fsp3) is 0.208. The maximum Gasteiger partial charge on any atom is 0.573 e. The number of carbonyl (C=O) groups excluding carboxylic acids is 1. The second kappa shape index (κ2) is 7.47. The van der Waals surface area contributed by atoms with E-state index in [4.69, 9.17) is 9.47 Å². The largest absolute Gasteiger partial charge is 0.573 e. The SMILES string of the molecule is O=C(Nc1cc(-c2ccccc2)ccc1OC(F)(F)F)C1(c2ccc3c(c2)OCO3)CC1. The molecule has 2 aliphatic rings. The van der Waals surface area contributed by atoms with Crippen LogP contribution in [0, 0.1) is 0 Å². The Morgan fingerprint density at radius 3 is 2.38 bits per heavy atom. The molecule has 1 fully saturated rings. The molecule has 8 heteroatoms. The lowest BCUT2D eigenvalue weighted by atomic mass is 9.94.